The first-order chi connectivity index (χ1) is 10.0. The van der Waals surface area contributed by atoms with Crippen LogP contribution in [-0.2, 0) is 5.54 Å². The Morgan fingerprint density at radius 2 is 2.25 bits per heavy atom. The van der Waals surface area contributed by atoms with Gasteiger partial charge in [0.25, 0.3) is 0 Å². The highest BCUT2D eigenvalue weighted by Crippen LogP contribution is 2.34. The van der Waals surface area contributed by atoms with Crippen molar-refractivity contribution in [3.63, 3.8) is 0 Å². The zero-order valence-corrected chi connectivity index (χ0v) is 9.58. The molecule has 0 fully saturated rings. The van der Waals surface area contributed by atoms with E-state index >= 15 is 0 Å². The third kappa shape index (κ3) is 2.09. The second-order valence-electron chi connectivity index (χ2n) is 3.29. The Morgan fingerprint density at radius 1 is 1.50 bits per heavy atom. The smallest absolute Gasteiger partial charge is 0.0650 e. The maximum absolute atomic E-state index is 8.14. The highest BCUT2D eigenvalue weighted by Gasteiger charge is 2.28. The van der Waals surface area contributed by atoms with Crippen LogP contribution in [-0.4, -0.2) is 0 Å². The number of benzene rings is 1. The number of halogens is 2. The Balaban J connectivity index is 2.82. The summed E-state index contributed by atoms with van der Waals surface area (Å²) in [4.78, 5) is 0. The SMILES string of the molecule is [2H]C1=C([2H])C(N)(c2cc([2H])c([2H])c(Cl)c2[2H])C([2H])C(Cl)=C1N. The van der Waals surface area contributed by atoms with Crippen molar-refractivity contribution in [2.24, 2.45) is 11.5 Å². The van der Waals surface area contributed by atoms with E-state index < -0.39 is 24.0 Å². The molecule has 0 aromatic heterocycles. The molecule has 1 aromatic carbocycles. The molecular weight excluding hydrogens is 243 g/mol. The summed E-state index contributed by atoms with van der Waals surface area (Å²) in [5.74, 6) is 0. The summed E-state index contributed by atoms with van der Waals surface area (Å²) in [7, 11) is 0. The van der Waals surface area contributed by atoms with Crippen molar-refractivity contribution < 1.29 is 8.22 Å². The van der Waals surface area contributed by atoms with Crippen LogP contribution in [0.5, 0.6) is 0 Å². The number of rotatable bonds is 1. The summed E-state index contributed by atoms with van der Waals surface area (Å²) in [6, 6.07) is -0.842. The monoisotopic (exact) mass is 260 g/mol. The van der Waals surface area contributed by atoms with Crippen LogP contribution >= 0.6 is 23.2 Å². The Labute approximate surface area is 113 Å². The van der Waals surface area contributed by atoms with Crippen molar-refractivity contribution in [3.05, 3.63) is 57.6 Å². The van der Waals surface area contributed by atoms with Crippen LogP contribution in [0.4, 0.5) is 0 Å². The lowest BCUT2D eigenvalue weighted by molar-refractivity contribution is 0.556. The minimum atomic E-state index is -1.94. The lowest BCUT2D eigenvalue weighted by Crippen LogP contribution is -2.36. The number of allylic oxidation sites excluding steroid dienone is 1. The van der Waals surface area contributed by atoms with E-state index in [1.807, 2.05) is 0 Å². The van der Waals surface area contributed by atoms with Crippen LogP contribution in [0.25, 0.3) is 0 Å². The number of hydrogen-bond acceptors (Lipinski definition) is 2. The molecule has 0 saturated heterocycles. The summed E-state index contributed by atoms with van der Waals surface area (Å²) in [5.41, 5.74) is 9.47. The van der Waals surface area contributed by atoms with E-state index in [0.717, 1.165) is 6.07 Å². The molecule has 4 heteroatoms. The summed E-state index contributed by atoms with van der Waals surface area (Å²) < 4.78 is 47.3. The molecule has 0 spiro atoms. The van der Waals surface area contributed by atoms with Crippen LogP contribution in [0.15, 0.2) is 47.0 Å². The van der Waals surface area contributed by atoms with E-state index in [-0.39, 0.29) is 39.4 Å². The molecule has 0 saturated carbocycles. The van der Waals surface area contributed by atoms with Crippen LogP contribution in [0.3, 0.4) is 0 Å². The topological polar surface area (TPSA) is 52.0 Å². The fourth-order valence-corrected chi connectivity index (χ4v) is 1.64. The van der Waals surface area contributed by atoms with Gasteiger partial charge < -0.3 is 11.5 Å². The molecule has 2 atom stereocenters. The zero-order valence-electron chi connectivity index (χ0n) is 14.1. The molecule has 0 aliphatic heterocycles. The average Bonchev–Trinajstić information content (AvgIpc) is 2.50. The van der Waals surface area contributed by atoms with Crippen LogP contribution in [0.2, 0.25) is 5.02 Å². The van der Waals surface area contributed by atoms with Gasteiger partial charge in [0.1, 0.15) is 0 Å². The molecular formula is C12H12Cl2N2. The molecule has 2 unspecified atom stereocenters. The van der Waals surface area contributed by atoms with Crippen molar-refractivity contribution in [1.82, 2.24) is 0 Å². The van der Waals surface area contributed by atoms with E-state index in [9.17, 15) is 0 Å². The summed E-state index contributed by atoms with van der Waals surface area (Å²) in [6.07, 6.45) is -1.42. The quantitative estimate of drug-likeness (QED) is 0.816. The molecule has 0 heterocycles. The number of nitrogens with two attached hydrogens (primary N) is 2. The van der Waals surface area contributed by atoms with Gasteiger partial charge in [-0.1, -0.05) is 41.4 Å². The maximum Gasteiger partial charge on any atom is 0.0650 e. The van der Waals surface area contributed by atoms with E-state index in [1.165, 1.54) is 0 Å². The van der Waals surface area contributed by atoms with Crippen molar-refractivity contribution in [2.75, 3.05) is 0 Å². The molecule has 0 amide bonds. The van der Waals surface area contributed by atoms with Gasteiger partial charge in [0.15, 0.2) is 0 Å². The van der Waals surface area contributed by atoms with E-state index in [0.29, 0.717) is 0 Å². The first kappa shape index (κ1) is 6.10. The molecule has 4 N–H and O–H groups in total. The Hall–Kier alpha value is -0.960. The fourth-order valence-electron chi connectivity index (χ4n) is 1.27. The standard InChI is InChI=1S/C12H12Cl2N2/c13-9-3-1-2-8(6-9)12(16)5-4-11(15)10(14)7-12/h1-6H,7,15-16H2/i1D,3D,4D,5D,6D,7D. The maximum atomic E-state index is 8.14. The summed E-state index contributed by atoms with van der Waals surface area (Å²) in [5, 5.41) is -0.516. The lowest BCUT2D eigenvalue weighted by atomic mass is 9.84. The summed E-state index contributed by atoms with van der Waals surface area (Å²) >= 11 is 11.8. The van der Waals surface area contributed by atoms with Crippen LogP contribution in [0.1, 0.15) is 20.2 Å². The normalized spacial score (nSPS) is 36.1. The van der Waals surface area contributed by atoms with Gasteiger partial charge in [-0.25, -0.2) is 0 Å². The van der Waals surface area contributed by atoms with Gasteiger partial charge in [0, 0.05) is 23.5 Å². The minimum Gasteiger partial charge on any atom is -0.398 e. The lowest BCUT2D eigenvalue weighted by Gasteiger charge is -2.29. The molecule has 2 rings (SSSR count). The first-order valence-electron chi connectivity index (χ1n) is 7.44. The molecule has 1 aromatic rings. The predicted molar refractivity (Wildman–Crippen MR) is 68.1 cm³/mol. The zero-order chi connectivity index (χ0) is 17.0. The van der Waals surface area contributed by atoms with Gasteiger partial charge in [-0.2, -0.15) is 0 Å². The van der Waals surface area contributed by atoms with Crippen molar-refractivity contribution in [3.8, 4) is 0 Å². The van der Waals surface area contributed by atoms with Gasteiger partial charge in [0.05, 0.1) is 12.4 Å². The molecule has 1 aliphatic rings. The minimum absolute atomic E-state index is 0.112. The fraction of sp³-hybridized carbons (Fsp3) is 0.167. The number of hydrogen-bond donors (Lipinski definition) is 2. The van der Waals surface area contributed by atoms with E-state index in [2.05, 4.69) is 0 Å². The van der Waals surface area contributed by atoms with Crippen LogP contribution < -0.4 is 11.5 Å². The third-order valence-electron chi connectivity index (χ3n) is 2.10. The third-order valence-corrected chi connectivity index (χ3v) is 2.61. The van der Waals surface area contributed by atoms with Gasteiger partial charge in [-0.05, 0) is 23.7 Å². The van der Waals surface area contributed by atoms with E-state index in [4.69, 9.17) is 42.9 Å². The predicted octanol–water partition coefficient (Wildman–Crippen LogP) is 2.86. The van der Waals surface area contributed by atoms with Crippen LogP contribution in [0, 0.1) is 0 Å². The average molecular weight is 261 g/mol. The molecule has 2 nitrogen and oxygen atoms in total. The largest absolute Gasteiger partial charge is 0.398 e. The van der Waals surface area contributed by atoms with Crippen molar-refractivity contribution >= 4 is 23.2 Å². The molecule has 1 aliphatic carbocycles. The Morgan fingerprint density at radius 3 is 3.00 bits per heavy atom. The first-order valence-corrected chi connectivity index (χ1v) is 5.12. The van der Waals surface area contributed by atoms with Gasteiger partial charge in [-0.3, -0.25) is 0 Å². The van der Waals surface area contributed by atoms with Crippen molar-refractivity contribution in [2.45, 2.75) is 11.9 Å². The Bertz CT molecular complexity index is 733. The van der Waals surface area contributed by atoms with Gasteiger partial charge in [-0.15, -0.1) is 0 Å². The molecule has 0 radical (unpaired) electrons. The highest BCUT2D eigenvalue weighted by molar-refractivity contribution is 6.31. The Kier molecular flexibility index (Phi) is 1.58. The second-order valence-corrected chi connectivity index (χ2v) is 4.08. The van der Waals surface area contributed by atoms with Gasteiger partial charge in [0.2, 0.25) is 0 Å². The second kappa shape index (κ2) is 4.13. The molecule has 16 heavy (non-hydrogen) atoms. The van der Waals surface area contributed by atoms with E-state index in [1.54, 1.807) is 0 Å². The summed E-state index contributed by atoms with van der Waals surface area (Å²) in [6.45, 7) is 0. The molecule has 0 bridgehead atoms. The molecule has 84 valence electrons. The highest BCUT2D eigenvalue weighted by atomic mass is 35.5. The van der Waals surface area contributed by atoms with Gasteiger partial charge >= 0.3 is 0 Å². The van der Waals surface area contributed by atoms with Crippen molar-refractivity contribution in [1.29, 1.82) is 0 Å².